The van der Waals surface area contributed by atoms with Crippen molar-refractivity contribution in [2.24, 2.45) is 5.10 Å². The molecule has 2 N–H and O–H groups in total. The predicted octanol–water partition coefficient (Wildman–Crippen LogP) is 4.75. The van der Waals surface area contributed by atoms with Crippen LogP contribution in [0.2, 0.25) is 0 Å². The second-order valence-corrected chi connectivity index (χ2v) is 6.59. The Morgan fingerprint density at radius 2 is 1.78 bits per heavy atom. The van der Waals surface area contributed by atoms with Crippen molar-refractivity contribution >= 4 is 32.4 Å². The van der Waals surface area contributed by atoms with Crippen LogP contribution < -0.4 is 5.43 Å². The minimum atomic E-state index is 0.143. The van der Waals surface area contributed by atoms with E-state index >= 15 is 0 Å². The Balaban J connectivity index is 1.65. The number of rotatable bonds is 2. The average molecular weight is 367 g/mol. The minimum absolute atomic E-state index is 0.143. The molecule has 0 saturated carbocycles. The molecule has 3 aromatic rings. The van der Waals surface area contributed by atoms with Crippen LogP contribution in [-0.4, -0.2) is 10.8 Å². The zero-order chi connectivity index (χ0) is 15.8. The van der Waals surface area contributed by atoms with Crippen LogP contribution in [0.15, 0.2) is 70.2 Å². The molecule has 0 radical (unpaired) electrons. The molecule has 0 amide bonds. The van der Waals surface area contributed by atoms with Crippen LogP contribution in [0.4, 0.5) is 0 Å². The number of aromatic hydroxyl groups is 1. The maximum absolute atomic E-state index is 10.6. The third-order valence-corrected chi connectivity index (χ3v) is 4.77. The van der Waals surface area contributed by atoms with Crippen molar-refractivity contribution in [3.8, 4) is 5.75 Å². The van der Waals surface area contributed by atoms with Crippen LogP contribution in [-0.2, 0) is 0 Å². The number of phenols is 1. The SMILES string of the molecule is Oc1c(C2=NNC(c3ccc(Br)cc3)C2)ccc2ccccc12. The molecule has 0 bridgehead atoms. The third-order valence-electron chi connectivity index (χ3n) is 4.24. The van der Waals surface area contributed by atoms with Gasteiger partial charge in [-0.05, 0) is 29.1 Å². The number of hydrogen-bond acceptors (Lipinski definition) is 3. The van der Waals surface area contributed by atoms with E-state index in [1.54, 1.807) is 0 Å². The number of hydrazone groups is 1. The number of hydrogen-bond donors (Lipinski definition) is 2. The summed E-state index contributed by atoms with van der Waals surface area (Å²) < 4.78 is 1.06. The van der Waals surface area contributed by atoms with Crippen molar-refractivity contribution in [3.05, 3.63) is 76.3 Å². The Bertz CT molecular complexity index is 903. The van der Waals surface area contributed by atoms with Crippen LogP contribution in [0.25, 0.3) is 10.8 Å². The molecular formula is C19H15BrN2O. The molecule has 4 heteroatoms. The lowest BCUT2D eigenvalue weighted by Crippen LogP contribution is -2.09. The Morgan fingerprint density at radius 1 is 1.00 bits per heavy atom. The first-order valence-corrected chi connectivity index (χ1v) is 8.30. The first-order chi connectivity index (χ1) is 11.2. The molecule has 0 saturated heterocycles. The molecule has 3 aromatic carbocycles. The Labute approximate surface area is 142 Å². The summed E-state index contributed by atoms with van der Waals surface area (Å²) in [4.78, 5) is 0. The molecular weight excluding hydrogens is 352 g/mol. The van der Waals surface area contributed by atoms with Gasteiger partial charge < -0.3 is 10.5 Å². The van der Waals surface area contributed by atoms with E-state index < -0.39 is 0 Å². The molecule has 114 valence electrons. The van der Waals surface area contributed by atoms with Gasteiger partial charge >= 0.3 is 0 Å². The smallest absolute Gasteiger partial charge is 0.132 e. The molecule has 4 rings (SSSR count). The molecule has 3 nitrogen and oxygen atoms in total. The highest BCUT2D eigenvalue weighted by molar-refractivity contribution is 9.10. The number of phenolic OH excluding ortho intramolecular Hbond substituents is 1. The monoisotopic (exact) mass is 366 g/mol. The molecule has 1 atom stereocenters. The molecule has 23 heavy (non-hydrogen) atoms. The molecule has 0 aliphatic carbocycles. The number of fused-ring (bicyclic) bond motifs is 1. The summed E-state index contributed by atoms with van der Waals surface area (Å²) in [6.07, 6.45) is 0.757. The van der Waals surface area contributed by atoms with Crippen molar-refractivity contribution in [1.29, 1.82) is 0 Å². The fraction of sp³-hybridized carbons (Fsp3) is 0.105. The quantitative estimate of drug-likeness (QED) is 0.687. The van der Waals surface area contributed by atoms with E-state index in [2.05, 4.69) is 38.6 Å². The molecule has 1 aliphatic heterocycles. The Morgan fingerprint density at radius 3 is 2.61 bits per heavy atom. The van der Waals surface area contributed by atoms with Gasteiger partial charge in [0.2, 0.25) is 0 Å². The average Bonchev–Trinajstić information content (AvgIpc) is 3.06. The maximum Gasteiger partial charge on any atom is 0.132 e. The molecule has 0 aromatic heterocycles. The molecule has 1 aliphatic rings. The minimum Gasteiger partial charge on any atom is -0.507 e. The summed E-state index contributed by atoms with van der Waals surface area (Å²) in [5.74, 6) is 0.306. The third kappa shape index (κ3) is 2.59. The Hall–Kier alpha value is -2.33. The highest BCUT2D eigenvalue weighted by atomic mass is 79.9. The number of nitrogens with one attached hydrogen (secondary N) is 1. The van der Waals surface area contributed by atoms with E-state index in [1.165, 1.54) is 5.56 Å². The topological polar surface area (TPSA) is 44.6 Å². The van der Waals surface area contributed by atoms with Crippen LogP contribution >= 0.6 is 15.9 Å². The molecule has 1 heterocycles. The number of benzene rings is 3. The van der Waals surface area contributed by atoms with Gasteiger partial charge in [0.25, 0.3) is 0 Å². The normalized spacial score (nSPS) is 17.1. The van der Waals surface area contributed by atoms with Gasteiger partial charge in [0, 0.05) is 21.8 Å². The number of halogens is 1. The van der Waals surface area contributed by atoms with Gasteiger partial charge in [-0.3, -0.25) is 0 Å². The van der Waals surface area contributed by atoms with Gasteiger partial charge in [-0.2, -0.15) is 5.10 Å². The second kappa shape index (κ2) is 5.70. The van der Waals surface area contributed by atoms with E-state index in [1.807, 2.05) is 48.5 Å². The van der Waals surface area contributed by atoms with Crippen molar-refractivity contribution in [1.82, 2.24) is 5.43 Å². The maximum atomic E-state index is 10.6. The van der Waals surface area contributed by atoms with Gasteiger partial charge in [-0.15, -0.1) is 0 Å². The highest BCUT2D eigenvalue weighted by Crippen LogP contribution is 2.33. The largest absolute Gasteiger partial charge is 0.507 e. The molecule has 0 fully saturated rings. The standard InChI is InChI=1S/C19H15BrN2O/c20-14-8-5-13(6-9-14)17-11-18(22-21-17)16-10-7-12-3-1-2-4-15(12)19(16)23/h1-10,17,21,23H,11H2. The fourth-order valence-corrected chi connectivity index (χ4v) is 3.25. The van der Waals surface area contributed by atoms with Crippen LogP contribution in [0.1, 0.15) is 23.6 Å². The predicted molar refractivity (Wildman–Crippen MR) is 96.8 cm³/mol. The zero-order valence-corrected chi connectivity index (χ0v) is 13.9. The van der Waals surface area contributed by atoms with Gasteiger partial charge in [0.1, 0.15) is 5.75 Å². The lowest BCUT2D eigenvalue weighted by Gasteiger charge is -2.11. The van der Waals surface area contributed by atoms with E-state index in [0.29, 0.717) is 5.75 Å². The van der Waals surface area contributed by atoms with E-state index in [-0.39, 0.29) is 6.04 Å². The second-order valence-electron chi connectivity index (χ2n) is 5.68. The van der Waals surface area contributed by atoms with E-state index in [9.17, 15) is 5.11 Å². The molecule has 0 spiro atoms. The first kappa shape index (κ1) is 14.3. The van der Waals surface area contributed by atoms with Crippen molar-refractivity contribution in [3.63, 3.8) is 0 Å². The molecule has 1 unspecified atom stereocenters. The van der Waals surface area contributed by atoms with Gasteiger partial charge in [0.15, 0.2) is 0 Å². The van der Waals surface area contributed by atoms with Crippen LogP contribution in [0, 0.1) is 0 Å². The highest BCUT2D eigenvalue weighted by Gasteiger charge is 2.23. The summed E-state index contributed by atoms with van der Waals surface area (Å²) in [5, 5.41) is 16.9. The van der Waals surface area contributed by atoms with Crippen molar-refractivity contribution < 1.29 is 5.11 Å². The summed E-state index contributed by atoms with van der Waals surface area (Å²) >= 11 is 3.45. The zero-order valence-electron chi connectivity index (χ0n) is 12.3. The summed E-state index contributed by atoms with van der Waals surface area (Å²) in [6.45, 7) is 0. The van der Waals surface area contributed by atoms with Crippen LogP contribution in [0.5, 0.6) is 5.75 Å². The van der Waals surface area contributed by atoms with Gasteiger partial charge in [0.05, 0.1) is 11.8 Å². The summed E-state index contributed by atoms with van der Waals surface area (Å²) in [5.41, 5.74) is 6.06. The lowest BCUT2D eigenvalue weighted by atomic mass is 9.96. The van der Waals surface area contributed by atoms with E-state index in [0.717, 1.165) is 32.9 Å². The fourth-order valence-electron chi connectivity index (χ4n) is 2.99. The van der Waals surface area contributed by atoms with Crippen molar-refractivity contribution in [2.45, 2.75) is 12.5 Å². The van der Waals surface area contributed by atoms with Crippen LogP contribution in [0.3, 0.4) is 0 Å². The van der Waals surface area contributed by atoms with Gasteiger partial charge in [-0.1, -0.05) is 58.4 Å². The lowest BCUT2D eigenvalue weighted by molar-refractivity contribution is 0.480. The summed E-state index contributed by atoms with van der Waals surface area (Å²) in [7, 11) is 0. The van der Waals surface area contributed by atoms with Crippen molar-refractivity contribution in [2.75, 3.05) is 0 Å². The van der Waals surface area contributed by atoms with Gasteiger partial charge in [-0.25, -0.2) is 0 Å². The number of nitrogens with zero attached hydrogens (tertiary/aromatic N) is 1. The Kier molecular flexibility index (Phi) is 3.54. The summed E-state index contributed by atoms with van der Waals surface area (Å²) in [6, 6.07) is 20.2. The van der Waals surface area contributed by atoms with E-state index in [4.69, 9.17) is 0 Å². The first-order valence-electron chi connectivity index (χ1n) is 7.51.